The lowest BCUT2D eigenvalue weighted by atomic mass is 10.3. The zero-order valence-electron chi connectivity index (χ0n) is 5.95. The Morgan fingerprint density at radius 2 is 1.83 bits per heavy atom. The Morgan fingerprint density at radius 3 is 2.42 bits per heavy atom. The normalized spacial score (nSPS) is 10.8. The van der Waals surface area contributed by atoms with Gasteiger partial charge < -0.3 is 0 Å². The molecule has 0 amide bonds. The third-order valence-electron chi connectivity index (χ3n) is 1.02. The molecule has 1 aromatic carbocycles. The van der Waals surface area contributed by atoms with E-state index in [0.717, 1.165) is 0 Å². The van der Waals surface area contributed by atoms with E-state index in [1.807, 2.05) is 6.07 Å². The second-order valence-corrected chi connectivity index (χ2v) is 2.43. The van der Waals surface area contributed by atoms with E-state index in [4.69, 9.17) is 0 Å². The van der Waals surface area contributed by atoms with Gasteiger partial charge in [0.25, 0.3) is 0 Å². The van der Waals surface area contributed by atoms with Gasteiger partial charge in [-0.05, 0) is 12.1 Å². The zero-order chi connectivity index (χ0) is 8.81. The maximum Gasteiger partial charge on any atom is 0.320 e. The fraction of sp³-hybridized carbons (Fsp3) is 0. The Morgan fingerprint density at radius 1 is 1.17 bits per heavy atom. The minimum atomic E-state index is -2.96. The van der Waals surface area contributed by atoms with Crippen LogP contribution >= 0.6 is 0 Å². The summed E-state index contributed by atoms with van der Waals surface area (Å²) in [7, 11) is -2.96. The second-order valence-electron chi connectivity index (χ2n) is 1.82. The van der Waals surface area contributed by atoms with E-state index in [1.165, 1.54) is 0 Å². The average Bonchev–Trinajstić information content (AvgIpc) is 2.05. The van der Waals surface area contributed by atoms with Crippen LogP contribution < -0.4 is 0 Å². The van der Waals surface area contributed by atoms with Crippen molar-refractivity contribution in [1.29, 1.82) is 0 Å². The molecule has 0 spiro atoms. The molecule has 0 saturated carbocycles. The molecular weight excluding hydrogens is 180 g/mol. The number of thiol groups is 1. The van der Waals surface area contributed by atoms with Crippen molar-refractivity contribution in [1.82, 2.24) is 0 Å². The zero-order valence-corrected chi connectivity index (χ0v) is 6.85. The van der Waals surface area contributed by atoms with Crippen LogP contribution in [0.5, 0.6) is 0 Å². The first-order chi connectivity index (χ1) is 5.79. The van der Waals surface area contributed by atoms with Gasteiger partial charge in [-0.2, -0.15) is 8.42 Å². The molecule has 0 radical (unpaired) electrons. The summed E-state index contributed by atoms with van der Waals surface area (Å²) in [5.74, 6) is 0. The highest BCUT2D eigenvalue weighted by atomic mass is 32.2. The van der Waals surface area contributed by atoms with Crippen LogP contribution in [0.15, 0.2) is 40.7 Å². The maximum atomic E-state index is 9.85. The molecule has 0 aliphatic rings. The van der Waals surface area contributed by atoms with Crippen LogP contribution in [0.25, 0.3) is 0 Å². The predicted molar refractivity (Wildman–Crippen MR) is 42.4 cm³/mol. The largest absolute Gasteiger partial charge is 0.320 e. The summed E-state index contributed by atoms with van der Waals surface area (Å²) in [6.45, 7) is 0. The average molecular weight is 186 g/mol. The lowest BCUT2D eigenvalue weighted by molar-refractivity contribution is 0.329. The maximum absolute atomic E-state index is 9.85. The van der Waals surface area contributed by atoms with Crippen LogP contribution in [0.3, 0.4) is 0 Å². The molecule has 0 bridgehead atoms. The van der Waals surface area contributed by atoms with Crippen molar-refractivity contribution >= 4 is 16.7 Å². The van der Waals surface area contributed by atoms with Gasteiger partial charge in [-0.3, -0.25) is 4.28 Å². The lowest BCUT2D eigenvalue weighted by Crippen LogP contribution is -1.73. The van der Waals surface area contributed by atoms with Crippen molar-refractivity contribution in [3.8, 4) is 0 Å². The number of nitrogens with zero attached hydrogens (tertiary/aromatic N) is 2. The van der Waals surface area contributed by atoms with Gasteiger partial charge in [-0.15, -0.1) is 5.11 Å². The van der Waals surface area contributed by atoms with Gasteiger partial charge in [-0.1, -0.05) is 18.2 Å². The van der Waals surface area contributed by atoms with E-state index in [9.17, 15) is 8.42 Å². The molecule has 64 valence electrons. The fourth-order valence-corrected chi connectivity index (χ4v) is 0.686. The summed E-state index contributed by atoms with van der Waals surface area (Å²) in [6, 6.07) is 8.67. The Labute approximate surface area is 70.8 Å². The van der Waals surface area contributed by atoms with Crippen molar-refractivity contribution in [2.24, 2.45) is 10.4 Å². The van der Waals surface area contributed by atoms with Gasteiger partial charge in [0.1, 0.15) is 0 Å². The molecule has 0 aromatic heterocycles. The molecule has 1 rings (SSSR count). The van der Waals surface area contributed by atoms with E-state index < -0.39 is 11.0 Å². The first-order valence-electron chi connectivity index (χ1n) is 3.06. The van der Waals surface area contributed by atoms with Crippen molar-refractivity contribution in [3.63, 3.8) is 0 Å². The van der Waals surface area contributed by atoms with Gasteiger partial charge >= 0.3 is 11.0 Å². The number of hydrogen-bond acceptors (Lipinski definition) is 5. The van der Waals surface area contributed by atoms with E-state index in [2.05, 4.69) is 14.7 Å². The van der Waals surface area contributed by atoms with E-state index in [1.54, 1.807) is 24.3 Å². The SMILES string of the molecule is O=[SH](=O)ON=Nc1ccccc1. The van der Waals surface area contributed by atoms with Crippen LogP contribution in [-0.2, 0) is 15.3 Å². The molecule has 12 heavy (non-hydrogen) atoms. The topological polar surface area (TPSA) is 68.1 Å². The second kappa shape index (κ2) is 4.45. The summed E-state index contributed by atoms with van der Waals surface area (Å²) in [6.07, 6.45) is 0. The summed E-state index contributed by atoms with van der Waals surface area (Å²) in [4.78, 5) is 0. The minimum absolute atomic E-state index is 0.536. The van der Waals surface area contributed by atoms with Crippen LogP contribution in [-0.4, -0.2) is 8.42 Å². The third-order valence-corrected chi connectivity index (χ3v) is 1.22. The Hall–Kier alpha value is -1.43. The monoisotopic (exact) mass is 186 g/mol. The molecule has 5 nitrogen and oxygen atoms in total. The lowest BCUT2D eigenvalue weighted by Gasteiger charge is -1.86. The van der Waals surface area contributed by atoms with Crippen molar-refractivity contribution in [2.45, 2.75) is 0 Å². The Balaban J connectivity index is 2.58. The minimum Gasteiger partial charge on any atom is -0.251 e. The molecule has 0 atom stereocenters. The number of benzene rings is 1. The smallest absolute Gasteiger partial charge is 0.251 e. The van der Waals surface area contributed by atoms with Gasteiger partial charge in [0.15, 0.2) is 0 Å². The number of hydrogen-bond donors (Lipinski definition) is 1. The Bertz CT molecular complexity index is 326. The molecule has 1 aromatic rings. The first kappa shape index (κ1) is 8.66. The van der Waals surface area contributed by atoms with Crippen molar-refractivity contribution in [2.75, 3.05) is 0 Å². The summed E-state index contributed by atoms with van der Waals surface area (Å²) in [5, 5.41) is 6.44. The Kier molecular flexibility index (Phi) is 3.21. The van der Waals surface area contributed by atoms with Gasteiger partial charge in [-0.25, -0.2) is 0 Å². The van der Waals surface area contributed by atoms with Gasteiger partial charge in [0.05, 0.1) is 5.69 Å². The summed E-state index contributed by atoms with van der Waals surface area (Å²) >= 11 is 0. The predicted octanol–water partition coefficient (Wildman–Crippen LogP) is 1.23. The highest BCUT2D eigenvalue weighted by Gasteiger charge is 1.84. The first-order valence-corrected chi connectivity index (χ1v) is 4.16. The van der Waals surface area contributed by atoms with E-state index in [-0.39, 0.29) is 0 Å². The number of rotatable bonds is 3. The summed E-state index contributed by atoms with van der Waals surface area (Å²) in [5.41, 5.74) is 0.536. The molecule has 0 heterocycles. The molecule has 0 N–H and O–H groups in total. The molecule has 0 aliphatic carbocycles. The van der Waals surface area contributed by atoms with Gasteiger partial charge in [0.2, 0.25) is 0 Å². The highest BCUT2D eigenvalue weighted by molar-refractivity contribution is 7.67. The summed E-state index contributed by atoms with van der Waals surface area (Å²) < 4.78 is 23.6. The molecule has 0 fully saturated rings. The molecule has 6 heteroatoms. The van der Waals surface area contributed by atoms with Crippen molar-refractivity contribution in [3.05, 3.63) is 30.3 Å². The molecule has 0 saturated heterocycles. The van der Waals surface area contributed by atoms with Crippen LogP contribution in [0.2, 0.25) is 0 Å². The van der Waals surface area contributed by atoms with Gasteiger partial charge in [0, 0.05) is 5.28 Å². The van der Waals surface area contributed by atoms with E-state index >= 15 is 0 Å². The quantitative estimate of drug-likeness (QED) is 0.438. The molecular formula is C6H6N2O3S. The van der Waals surface area contributed by atoms with Crippen LogP contribution in [0.4, 0.5) is 5.69 Å². The standard InChI is InChI=1S/C6H6N2O3S/c9-12(10)11-8-7-6-4-2-1-3-5-6/h1-5,12H. The highest BCUT2D eigenvalue weighted by Crippen LogP contribution is 2.09. The fourth-order valence-electron chi connectivity index (χ4n) is 0.590. The molecule has 0 unspecified atom stereocenters. The van der Waals surface area contributed by atoms with Crippen LogP contribution in [0.1, 0.15) is 0 Å². The van der Waals surface area contributed by atoms with Crippen LogP contribution in [0, 0.1) is 0 Å². The van der Waals surface area contributed by atoms with E-state index in [0.29, 0.717) is 5.69 Å². The van der Waals surface area contributed by atoms with Crippen molar-refractivity contribution < 1.29 is 12.7 Å². The third kappa shape index (κ3) is 3.11. The molecule has 0 aliphatic heterocycles.